The van der Waals surface area contributed by atoms with Gasteiger partial charge in [0.25, 0.3) is 0 Å². The van der Waals surface area contributed by atoms with Gasteiger partial charge in [0, 0.05) is 12.6 Å². The molecule has 2 N–H and O–H groups in total. The molecule has 2 aromatic rings. The number of hydrogen-bond donors (Lipinski definition) is 1. The molecule has 0 unspecified atom stereocenters. The van der Waals surface area contributed by atoms with Gasteiger partial charge in [-0.25, -0.2) is 9.97 Å². The van der Waals surface area contributed by atoms with Gasteiger partial charge >= 0.3 is 0 Å². The Labute approximate surface area is 76.4 Å². The minimum atomic E-state index is 0.742. The van der Waals surface area contributed by atoms with Crippen LogP contribution in [0, 0.1) is 13.8 Å². The van der Waals surface area contributed by atoms with Crippen LogP contribution in [-0.2, 0) is 7.05 Å². The van der Waals surface area contributed by atoms with Crippen molar-refractivity contribution >= 4 is 16.9 Å². The molecule has 4 nitrogen and oxygen atoms in total. The van der Waals surface area contributed by atoms with E-state index in [2.05, 4.69) is 9.97 Å². The molecular formula is C9H12N4. The predicted octanol–water partition coefficient (Wildman–Crippen LogP) is 1.17. The maximum absolute atomic E-state index is 5.85. The molecular weight excluding hydrogens is 164 g/mol. The zero-order valence-electron chi connectivity index (χ0n) is 8.00. The van der Waals surface area contributed by atoms with Gasteiger partial charge in [-0.1, -0.05) is 0 Å². The molecule has 2 heterocycles. The lowest BCUT2D eigenvalue weighted by molar-refractivity contribution is 0.927. The van der Waals surface area contributed by atoms with Crippen molar-refractivity contribution in [2.75, 3.05) is 5.73 Å². The summed E-state index contributed by atoms with van der Waals surface area (Å²) >= 11 is 0. The van der Waals surface area contributed by atoms with Crippen LogP contribution in [0.5, 0.6) is 0 Å². The van der Waals surface area contributed by atoms with Gasteiger partial charge in [-0.15, -0.1) is 0 Å². The van der Waals surface area contributed by atoms with Crippen LogP contribution < -0.4 is 5.73 Å². The van der Waals surface area contributed by atoms with Crippen LogP contribution in [0.3, 0.4) is 0 Å². The van der Waals surface area contributed by atoms with Gasteiger partial charge < -0.3 is 10.3 Å². The maximum Gasteiger partial charge on any atom is 0.160 e. The molecule has 13 heavy (non-hydrogen) atoms. The normalized spacial score (nSPS) is 11.0. The van der Waals surface area contributed by atoms with Gasteiger partial charge in [-0.2, -0.15) is 0 Å². The van der Waals surface area contributed by atoms with Crippen molar-refractivity contribution in [3.05, 3.63) is 17.6 Å². The summed E-state index contributed by atoms with van der Waals surface area (Å²) in [5.74, 6) is 0. The molecule has 0 atom stereocenters. The first kappa shape index (κ1) is 8.04. The SMILES string of the molecule is Cc1nc2c(ncn2C)c(C)c1N. The third-order valence-electron chi connectivity index (χ3n) is 2.33. The summed E-state index contributed by atoms with van der Waals surface area (Å²) in [4.78, 5) is 8.61. The highest BCUT2D eigenvalue weighted by atomic mass is 15.1. The van der Waals surface area contributed by atoms with Crippen LogP contribution >= 0.6 is 0 Å². The second kappa shape index (κ2) is 2.45. The fourth-order valence-electron chi connectivity index (χ4n) is 1.44. The summed E-state index contributed by atoms with van der Waals surface area (Å²) in [6.45, 7) is 3.88. The summed E-state index contributed by atoms with van der Waals surface area (Å²) < 4.78 is 1.90. The highest BCUT2D eigenvalue weighted by Crippen LogP contribution is 2.22. The van der Waals surface area contributed by atoms with Gasteiger partial charge in [-0.3, -0.25) is 0 Å². The van der Waals surface area contributed by atoms with Crippen molar-refractivity contribution in [2.24, 2.45) is 7.05 Å². The van der Waals surface area contributed by atoms with Gasteiger partial charge in [0.2, 0.25) is 0 Å². The van der Waals surface area contributed by atoms with Gasteiger partial charge in [0.15, 0.2) is 5.65 Å². The van der Waals surface area contributed by atoms with Crippen LogP contribution in [-0.4, -0.2) is 14.5 Å². The van der Waals surface area contributed by atoms with Crippen LogP contribution in [0.4, 0.5) is 5.69 Å². The van der Waals surface area contributed by atoms with E-state index in [4.69, 9.17) is 5.73 Å². The third-order valence-corrected chi connectivity index (χ3v) is 2.33. The van der Waals surface area contributed by atoms with E-state index in [1.807, 2.05) is 25.5 Å². The van der Waals surface area contributed by atoms with Crippen molar-refractivity contribution < 1.29 is 0 Å². The lowest BCUT2D eigenvalue weighted by Gasteiger charge is -2.04. The number of fused-ring (bicyclic) bond motifs is 1. The molecule has 0 saturated carbocycles. The average molecular weight is 176 g/mol. The van der Waals surface area contributed by atoms with E-state index >= 15 is 0 Å². The molecule has 0 fully saturated rings. The molecule has 0 aliphatic heterocycles. The van der Waals surface area contributed by atoms with Crippen molar-refractivity contribution in [2.45, 2.75) is 13.8 Å². The molecule has 68 valence electrons. The standard InChI is InChI=1S/C9H12N4/c1-5-7(10)6(2)12-9-8(5)11-4-13(9)3/h4H,10H2,1-3H3. The average Bonchev–Trinajstić information content (AvgIpc) is 2.45. The van der Waals surface area contributed by atoms with Crippen LogP contribution in [0.25, 0.3) is 11.2 Å². The van der Waals surface area contributed by atoms with E-state index in [1.54, 1.807) is 6.33 Å². The van der Waals surface area contributed by atoms with E-state index in [0.717, 1.165) is 28.1 Å². The first-order valence-corrected chi connectivity index (χ1v) is 4.15. The zero-order valence-corrected chi connectivity index (χ0v) is 8.00. The molecule has 2 rings (SSSR count). The molecule has 0 spiro atoms. The van der Waals surface area contributed by atoms with E-state index in [-0.39, 0.29) is 0 Å². The summed E-state index contributed by atoms with van der Waals surface area (Å²) in [6, 6.07) is 0. The summed E-state index contributed by atoms with van der Waals surface area (Å²) in [6.07, 6.45) is 1.75. The van der Waals surface area contributed by atoms with E-state index in [1.165, 1.54) is 0 Å². The highest BCUT2D eigenvalue weighted by molar-refractivity contribution is 5.80. The van der Waals surface area contributed by atoms with E-state index in [9.17, 15) is 0 Å². The summed E-state index contributed by atoms with van der Waals surface area (Å²) in [5, 5.41) is 0. The first-order valence-electron chi connectivity index (χ1n) is 4.15. The van der Waals surface area contributed by atoms with Crippen molar-refractivity contribution in [1.82, 2.24) is 14.5 Å². The van der Waals surface area contributed by atoms with Crippen molar-refractivity contribution in [3.63, 3.8) is 0 Å². The largest absolute Gasteiger partial charge is 0.397 e. The fourth-order valence-corrected chi connectivity index (χ4v) is 1.44. The molecule has 0 aromatic carbocycles. The molecule has 0 saturated heterocycles. The van der Waals surface area contributed by atoms with Crippen molar-refractivity contribution in [3.8, 4) is 0 Å². The number of anilines is 1. The van der Waals surface area contributed by atoms with E-state index < -0.39 is 0 Å². The van der Waals surface area contributed by atoms with Gasteiger partial charge in [0.05, 0.1) is 17.7 Å². The number of nitrogens with two attached hydrogens (primary N) is 1. The summed E-state index contributed by atoms with van der Waals surface area (Å²) in [5.41, 5.74) is 10.3. The number of nitrogens with zero attached hydrogens (tertiary/aromatic N) is 3. The third kappa shape index (κ3) is 0.983. The number of aryl methyl sites for hydroxylation is 3. The molecule has 0 bridgehead atoms. The second-order valence-electron chi connectivity index (χ2n) is 3.26. The lowest BCUT2D eigenvalue weighted by atomic mass is 10.2. The Balaban J connectivity index is 2.96. The topological polar surface area (TPSA) is 56.7 Å². The Morgan fingerprint density at radius 2 is 2.08 bits per heavy atom. The Kier molecular flexibility index (Phi) is 1.52. The van der Waals surface area contributed by atoms with Crippen molar-refractivity contribution in [1.29, 1.82) is 0 Å². The van der Waals surface area contributed by atoms with Gasteiger partial charge in [-0.05, 0) is 13.8 Å². The Bertz CT molecular complexity index is 470. The monoisotopic (exact) mass is 176 g/mol. The molecule has 0 aliphatic carbocycles. The highest BCUT2D eigenvalue weighted by Gasteiger charge is 2.09. The molecule has 0 radical (unpaired) electrons. The maximum atomic E-state index is 5.85. The van der Waals surface area contributed by atoms with Crippen LogP contribution in [0.15, 0.2) is 6.33 Å². The van der Waals surface area contributed by atoms with E-state index in [0.29, 0.717) is 0 Å². The Hall–Kier alpha value is -1.58. The number of hydrogen-bond acceptors (Lipinski definition) is 3. The number of aromatic nitrogens is 3. The number of rotatable bonds is 0. The predicted molar refractivity (Wildman–Crippen MR) is 52.4 cm³/mol. The number of imidazole rings is 1. The van der Waals surface area contributed by atoms with Crippen LogP contribution in [0.2, 0.25) is 0 Å². The first-order chi connectivity index (χ1) is 6.11. The molecule has 0 aliphatic rings. The number of pyridine rings is 1. The zero-order chi connectivity index (χ0) is 9.59. The second-order valence-corrected chi connectivity index (χ2v) is 3.26. The van der Waals surface area contributed by atoms with Gasteiger partial charge in [0.1, 0.15) is 5.52 Å². The molecule has 4 heteroatoms. The smallest absolute Gasteiger partial charge is 0.160 e. The van der Waals surface area contributed by atoms with Crippen LogP contribution in [0.1, 0.15) is 11.3 Å². The molecule has 0 amide bonds. The minimum absolute atomic E-state index is 0.742. The Morgan fingerprint density at radius 1 is 1.38 bits per heavy atom. The Morgan fingerprint density at radius 3 is 2.77 bits per heavy atom. The quantitative estimate of drug-likeness (QED) is 0.655. The summed E-state index contributed by atoms with van der Waals surface area (Å²) in [7, 11) is 1.93. The lowest BCUT2D eigenvalue weighted by Crippen LogP contribution is -1.99. The fraction of sp³-hybridized carbons (Fsp3) is 0.333. The number of nitrogen functional groups attached to an aromatic ring is 1. The molecule has 2 aromatic heterocycles. The minimum Gasteiger partial charge on any atom is -0.397 e.